The van der Waals surface area contributed by atoms with E-state index in [4.69, 9.17) is 11.5 Å². The monoisotopic (exact) mass is 423 g/mol. The molecule has 0 spiro atoms. The van der Waals surface area contributed by atoms with Crippen LogP contribution in [0.4, 0.5) is 17.2 Å². The highest BCUT2D eigenvalue weighted by molar-refractivity contribution is 6.03. The van der Waals surface area contributed by atoms with Gasteiger partial charge in [0.05, 0.1) is 11.9 Å². The van der Waals surface area contributed by atoms with E-state index in [1.807, 2.05) is 6.07 Å². The van der Waals surface area contributed by atoms with Crippen molar-refractivity contribution >= 4 is 28.7 Å². The first-order chi connectivity index (χ1) is 15.1. The van der Waals surface area contributed by atoms with E-state index in [1.165, 1.54) is 6.20 Å². The van der Waals surface area contributed by atoms with Crippen molar-refractivity contribution in [3.8, 4) is 0 Å². The summed E-state index contributed by atoms with van der Waals surface area (Å²) in [6, 6.07) is 5.99. The number of nitrogens with zero attached hydrogens (tertiary/aromatic N) is 4. The molecule has 10 heteroatoms. The van der Waals surface area contributed by atoms with Gasteiger partial charge in [0.15, 0.2) is 11.3 Å². The first kappa shape index (κ1) is 21.0. The van der Waals surface area contributed by atoms with Crippen LogP contribution in [0.2, 0.25) is 0 Å². The lowest BCUT2D eigenvalue weighted by molar-refractivity contribution is 0.102. The van der Waals surface area contributed by atoms with Gasteiger partial charge in [-0.1, -0.05) is 0 Å². The SMILES string of the molecule is NCCCNc1cc(NC2CCC(N)CC2)nn2c(C(=O)Nc3ccncc3)cnc12. The average molecular weight is 424 g/mol. The fraction of sp³-hybridized carbons (Fsp3) is 0.429. The molecule has 0 saturated heterocycles. The van der Waals surface area contributed by atoms with Crippen LogP contribution in [0.3, 0.4) is 0 Å². The van der Waals surface area contributed by atoms with E-state index in [9.17, 15) is 4.79 Å². The molecule has 0 aliphatic heterocycles. The molecule has 1 fully saturated rings. The highest BCUT2D eigenvalue weighted by Gasteiger charge is 2.21. The summed E-state index contributed by atoms with van der Waals surface area (Å²) < 4.78 is 1.58. The Balaban J connectivity index is 1.62. The highest BCUT2D eigenvalue weighted by Crippen LogP contribution is 2.25. The number of rotatable bonds is 8. The van der Waals surface area contributed by atoms with Gasteiger partial charge in [0, 0.05) is 42.8 Å². The molecule has 0 aromatic carbocycles. The van der Waals surface area contributed by atoms with E-state index in [1.54, 1.807) is 29.0 Å². The molecular weight excluding hydrogens is 394 g/mol. The van der Waals surface area contributed by atoms with E-state index in [2.05, 4.69) is 31.0 Å². The molecule has 164 valence electrons. The maximum atomic E-state index is 12.9. The van der Waals surface area contributed by atoms with Gasteiger partial charge in [-0.3, -0.25) is 9.78 Å². The van der Waals surface area contributed by atoms with Gasteiger partial charge in [0.1, 0.15) is 5.82 Å². The highest BCUT2D eigenvalue weighted by atomic mass is 16.2. The number of hydrogen-bond acceptors (Lipinski definition) is 8. The van der Waals surface area contributed by atoms with E-state index in [0.29, 0.717) is 42.0 Å². The van der Waals surface area contributed by atoms with Gasteiger partial charge in [0.2, 0.25) is 0 Å². The summed E-state index contributed by atoms with van der Waals surface area (Å²) in [4.78, 5) is 21.3. The molecule has 31 heavy (non-hydrogen) atoms. The van der Waals surface area contributed by atoms with E-state index >= 15 is 0 Å². The normalized spacial score (nSPS) is 18.6. The maximum Gasteiger partial charge on any atom is 0.276 e. The van der Waals surface area contributed by atoms with Crippen LogP contribution < -0.4 is 27.4 Å². The van der Waals surface area contributed by atoms with Crippen molar-refractivity contribution in [3.63, 3.8) is 0 Å². The first-order valence-corrected chi connectivity index (χ1v) is 10.7. The molecule has 10 nitrogen and oxygen atoms in total. The number of amides is 1. The molecule has 1 aliphatic rings. The lowest BCUT2D eigenvalue weighted by Crippen LogP contribution is -2.33. The van der Waals surface area contributed by atoms with Crippen LogP contribution in [-0.2, 0) is 0 Å². The minimum atomic E-state index is -0.292. The molecule has 4 rings (SSSR count). The quantitative estimate of drug-likeness (QED) is 0.345. The van der Waals surface area contributed by atoms with Crippen molar-refractivity contribution in [2.75, 3.05) is 29.0 Å². The number of carbonyl (C=O) groups excluding carboxylic acids is 1. The van der Waals surface area contributed by atoms with Crippen LogP contribution in [-0.4, -0.2) is 50.7 Å². The minimum Gasteiger partial charge on any atom is -0.382 e. The zero-order chi connectivity index (χ0) is 21.6. The molecule has 3 aromatic heterocycles. The van der Waals surface area contributed by atoms with E-state index in [-0.39, 0.29) is 11.9 Å². The summed E-state index contributed by atoms with van der Waals surface area (Å²) in [5, 5.41) is 14.4. The van der Waals surface area contributed by atoms with Gasteiger partial charge >= 0.3 is 0 Å². The zero-order valence-electron chi connectivity index (χ0n) is 17.4. The van der Waals surface area contributed by atoms with Crippen molar-refractivity contribution in [1.29, 1.82) is 0 Å². The molecule has 0 radical (unpaired) electrons. The summed E-state index contributed by atoms with van der Waals surface area (Å²) in [5.74, 6) is 0.402. The summed E-state index contributed by atoms with van der Waals surface area (Å²) in [6.45, 7) is 1.30. The number of anilines is 3. The Bertz CT molecular complexity index is 1010. The number of pyridine rings is 1. The molecule has 3 heterocycles. The predicted octanol–water partition coefficient (Wildman–Crippen LogP) is 1.82. The van der Waals surface area contributed by atoms with Crippen LogP contribution in [0.5, 0.6) is 0 Å². The number of imidazole rings is 1. The van der Waals surface area contributed by atoms with Crippen molar-refractivity contribution in [3.05, 3.63) is 42.5 Å². The Morgan fingerprint density at radius 1 is 1.19 bits per heavy atom. The number of nitrogens with two attached hydrogens (primary N) is 2. The summed E-state index contributed by atoms with van der Waals surface area (Å²) in [7, 11) is 0. The Labute approximate surface area is 180 Å². The average Bonchev–Trinajstić information content (AvgIpc) is 3.20. The van der Waals surface area contributed by atoms with Crippen LogP contribution in [0.25, 0.3) is 5.65 Å². The second-order valence-corrected chi connectivity index (χ2v) is 7.84. The van der Waals surface area contributed by atoms with Crippen LogP contribution in [0, 0.1) is 0 Å². The van der Waals surface area contributed by atoms with Crippen LogP contribution in [0.1, 0.15) is 42.6 Å². The number of aromatic nitrogens is 4. The van der Waals surface area contributed by atoms with Gasteiger partial charge in [0.25, 0.3) is 5.91 Å². The third-order valence-electron chi connectivity index (χ3n) is 5.46. The molecule has 1 amide bonds. The standard InChI is InChI=1S/C21H29N9O/c22-8-1-9-25-17-12-19(27-15-4-2-14(23)3-5-15)29-30-18(13-26-20(17)30)21(31)28-16-6-10-24-11-7-16/h6-7,10-15,25H,1-5,8-9,22-23H2,(H,27,29)(H,24,28,31). The molecule has 3 aromatic rings. The lowest BCUT2D eigenvalue weighted by Gasteiger charge is -2.27. The third kappa shape index (κ3) is 5.09. The maximum absolute atomic E-state index is 12.9. The Kier molecular flexibility index (Phi) is 6.58. The van der Waals surface area contributed by atoms with E-state index in [0.717, 1.165) is 37.8 Å². The molecule has 0 bridgehead atoms. The van der Waals surface area contributed by atoms with Gasteiger partial charge in [-0.05, 0) is 50.8 Å². The van der Waals surface area contributed by atoms with Gasteiger partial charge < -0.3 is 27.4 Å². The summed E-state index contributed by atoms with van der Waals surface area (Å²) >= 11 is 0. The zero-order valence-corrected chi connectivity index (χ0v) is 17.4. The largest absolute Gasteiger partial charge is 0.382 e. The second-order valence-electron chi connectivity index (χ2n) is 7.84. The van der Waals surface area contributed by atoms with Crippen molar-refractivity contribution in [2.24, 2.45) is 11.5 Å². The molecule has 0 unspecified atom stereocenters. The van der Waals surface area contributed by atoms with E-state index < -0.39 is 0 Å². The Hall–Kier alpha value is -3.24. The smallest absolute Gasteiger partial charge is 0.276 e. The molecule has 1 aliphatic carbocycles. The molecule has 0 atom stereocenters. The minimum absolute atomic E-state index is 0.277. The molecule has 7 N–H and O–H groups in total. The lowest BCUT2D eigenvalue weighted by atomic mass is 9.92. The molecule has 1 saturated carbocycles. The predicted molar refractivity (Wildman–Crippen MR) is 121 cm³/mol. The third-order valence-corrected chi connectivity index (χ3v) is 5.46. The van der Waals surface area contributed by atoms with Crippen molar-refractivity contribution < 1.29 is 4.79 Å². The fourth-order valence-corrected chi connectivity index (χ4v) is 3.75. The molecular formula is C21H29N9O. The summed E-state index contributed by atoms with van der Waals surface area (Å²) in [5.41, 5.74) is 14.1. The van der Waals surface area contributed by atoms with Crippen molar-refractivity contribution in [1.82, 2.24) is 19.6 Å². The number of nitrogens with one attached hydrogen (secondary N) is 3. The van der Waals surface area contributed by atoms with Crippen molar-refractivity contribution in [2.45, 2.75) is 44.2 Å². The summed E-state index contributed by atoms with van der Waals surface area (Å²) in [6.07, 6.45) is 9.59. The Morgan fingerprint density at radius 3 is 2.71 bits per heavy atom. The number of fused-ring (bicyclic) bond motifs is 1. The number of carbonyl (C=O) groups is 1. The second kappa shape index (κ2) is 9.71. The number of hydrogen-bond donors (Lipinski definition) is 5. The van der Waals surface area contributed by atoms with Crippen LogP contribution in [0.15, 0.2) is 36.8 Å². The van der Waals surface area contributed by atoms with Crippen LogP contribution >= 0.6 is 0 Å². The van der Waals surface area contributed by atoms with Gasteiger partial charge in [-0.15, -0.1) is 5.10 Å². The first-order valence-electron chi connectivity index (χ1n) is 10.7. The van der Waals surface area contributed by atoms with Gasteiger partial charge in [-0.2, -0.15) is 0 Å². The topological polar surface area (TPSA) is 148 Å². The van der Waals surface area contributed by atoms with Gasteiger partial charge in [-0.25, -0.2) is 9.50 Å². The fourth-order valence-electron chi connectivity index (χ4n) is 3.75. The Morgan fingerprint density at radius 2 is 1.97 bits per heavy atom.